The van der Waals surface area contributed by atoms with Crippen molar-refractivity contribution in [3.63, 3.8) is 0 Å². The van der Waals surface area contributed by atoms with Crippen LogP contribution in [0.4, 0.5) is 5.69 Å². The van der Waals surface area contributed by atoms with Crippen molar-refractivity contribution in [1.29, 1.82) is 0 Å². The summed E-state index contributed by atoms with van der Waals surface area (Å²) in [6, 6.07) is 20.6. The number of methoxy groups -OCH3 is 1. The molecule has 0 bridgehead atoms. The first-order valence-electron chi connectivity index (χ1n) is 8.11. The van der Waals surface area contributed by atoms with E-state index in [0.29, 0.717) is 0 Å². The number of anilines is 1. The molecule has 1 fully saturated rings. The Kier molecular flexibility index (Phi) is 3.97. The lowest BCUT2D eigenvalue weighted by Crippen LogP contribution is -2.22. The molecule has 4 heteroatoms. The second-order valence-corrected chi connectivity index (χ2v) is 5.80. The number of benzene rings is 2. The number of nitrogens with zero attached hydrogens (tertiary/aromatic N) is 2. The van der Waals surface area contributed by atoms with Crippen molar-refractivity contribution in [2.45, 2.75) is 6.23 Å². The normalized spacial score (nSPS) is 17.2. The van der Waals surface area contributed by atoms with Crippen molar-refractivity contribution in [2.75, 3.05) is 25.2 Å². The molecule has 1 saturated heterocycles. The van der Waals surface area contributed by atoms with Crippen LogP contribution >= 0.6 is 0 Å². The zero-order valence-electron chi connectivity index (χ0n) is 13.6. The molecule has 3 aromatic rings. The van der Waals surface area contributed by atoms with E-state index in [0.717, 1.165) is 30.2 Å². The fraction of sp³-hybridized carbons (Fsp3) is 0.200. The lowest BCUT2D eigenvalue weighted by molar-refractivity contribution is 0.114. The zero-order valence-corrected chi connectivity index (χ0v) is 13.6. The van der Waals surface area contributed by atoms with Crippen LogP contribution in [0.1, 0.15) is 11.8 Å². The molecule has 4 nitrogen and oxygen atoms in total. The summed E-state index contributed by atoms with van der Waals surface area (Å²) in [5, 5.41) is 0. The molecule has 0 aliphatic carbocycles. The highest BCUT2D eigenvalue weighted by atomic mass is 16.5. The Bertz CT molecular complexity index is 796. The average Bonchev–Trinajstić information content (AvgIpc) is 3.32. The Labute approximate surface area is 141 Å². The van der Waals surface area contributed by atoms with Gasteiger partial charge in [-0.2, -0.15) is 0 Å². The van der Waals surface area contributed by atoms with E-state index in [9.17, 15) is 0 Å². The van der Waals surface area contributed by atoms with E-state index in [4.69, 9.17) is 9.47 Å². The van der Waals surface area contributed by atoms with Gasteiger partial charge in [-0.05, 0) is 42.5 Å². The van der Waals surface area contributed by atoms with Crippen LogP contribution in [0.5, 0.6) is 5.75 Å². The SMILES string of the molecule is COc1ccc(-n2ccc(C3OCCN3c3ccccc3)c2)cc1. The number of hydrogen-bond acceptors (Lipinski definition) is 3. The van der Waals surface area contributed by atoms with Crippen LogP contribution in [0.15, 0.2) is 73.1 Å². The van der Waals surface area contributed by atoms with Gasteiger partial charge in [0.1, 0.15) is 5.75 Å². The van der Waals surface area contributed by atoms with Gasteiger partial charge in [-0.25, -0.2) is 0 Å². The predicted octanol–water partition coefficient (Wildman–Crippen LogP) is 4.02. The highest BCUT2D eigenvalue weighted by molar-refractivity contribution is 5.49. The Balaban J connectivity index is 1.59. The maximum Gasteiger partial charge on any atom is 0.158 e. The maximum absolute atomic E-state index is 5.98. The third kappa shape index (κ3) is 2.76. The molecule has 0 N–H and O–H groups in total. The van der Waals surface area contributed by atoms with Gasteiger partial charge in [0.2, 0.25) is 0 Å². The minimum absolute atomic E-state index is 0.0353. The quantitative estimate of drug-likeness (QED) is 0.726. The first-order valence-corrected chi connectivity index (χ1v) is 8.11. The van der Waals surface area contributed by atoms with Crippen LogP contribution in [-0.4, -0.2) is 24.8 Å². The topological polar surface area (TPSA) is 26.6 Å². The van der Waals surface area contributed by atoms with E-state index in [1.54, 1.807) is 7.11 Å². The van der Waals surface area contributed by atoms with Crippen LogP contribution < -0.4 is 9.64 Å². The monoisotopic (exact) mass is 320 g/mol. The third-order valence-corrected chi connectivity index (χ3v) is 4.35. The van der Waals surface area contributed by atoms with Gasteiger partial charge in [0.25, 0.3) is 0 Å². The molecule has 24 heavy (non-hydrogen) atoms. The second-order valence-electron chi connectivity index (χ2n) is 5.80. The zero-order chi connectivity index (χ0) is 16.4. The molecule has 1 unspecified atom stereocenters. The molecule has 1 aliphatic heterocycles. The van der Waals surface area contributed by atoms with E-state index in [1.807, 2.05) is 30.3 Å². The van der Waals surface area contributed by atoms with Crippen LogP contribution in [0.2, 0.25) is 0 Å². The fourth-order valence-corrected chi connectivity index (χ4v) is 3.10. The molecule has 0 radical (unpaired) electrons. The predicted molar refractivity (Wildman–Crippen MR) is 94.8 cm³/mol. The van der Waals surface area contributed by atoms with Crippen molar-refractivity contribution in [3.05, 3.63) is 78.6 Å². The van der Waals surface area contributed by atoms with Gasteiger partial charge in [-0.1, -0.05) is 18.2 Å². The number of para-hydroxylation sites is 1. The Morgan fingerprint density at radius 1 is 0.958 bits per heavy atom. The molecule has 2 heterocycles. The number of ether oxygens (including phenoxy) is 2. The lowest BCUT2D eigenvalue weighted by Gasteiger charge is -2.24. The summed E-state index contributed by atoms with van der Waals surface area (Å²) in [7, 11) is 1.68. The molecule has 1 aliphatic rings. The van der Waals surface area contributed by atoms with E-state index >= 15 is 0 Å². The molecule has 0 amide bonds. The van der Waals surface area contributed by atoms with Gasteiger partial charge in [0.05, 0.1) is 13.7 Å². The highest BCUT2D eigenvalue weighted by Gasteiger charge is 2.27. The highest BCUT2D eigenvalue weighted by Crippen LogP contribution is 2.32. The Morgan fingerprint density at radius 3 is 2.50 bits per heavy atom. The summed E-state index contributed by atoms with van der Waals surface area (Å²) < 4.78 is 13.3. The summed E-state index contributed by atoms with van der Waals surface area (Å²) in [6.45, 7) is 1.65. The number of aromatic nitrogens is 1. The van der Waals surface area contributed by atoms with Gasteiger partial charge < -0.3 is 18.9 Å². The van der Waals surface area contributed by atoms with Gasteiger partial charge in [-0.15, -0.1) is 0 Å². The van der Waals surface area contributed by atoms with Crippen LogP contribution in [0.3, 0.4) is 0 Å². The molecular formula is C20H20N2O2. The molecule has 0 saturated carbocycles. The van der Waals surface area contributed by atoms with Gasteiger partial charge in [-0.3, -0.25) is 0 Å². The average molecular weight is 320 g/mol. The van der Waals surface area contributed by atoms with Crippen LogP contribution in [-0.2, 0) is 4.74 Å². The second kappa shape index (κ2) is 6.42. The first-order chi connectivity index (χ1) is 11.8. The smallest absolute Gasteiger partial charge is 0.158 e. The number of hydrogen-bond donors (Lipinski definition) is 0. The van der Waals surface area contributed by atoms with Crippen molar-refractivity contribution in [1.82, 2.24) is 4.57 Å². The molecule has 122 valence electrons. The third-order valence-electron chi connectivity index (χ3n) is 4.35. The van der Waals surface area contributed by atoms with E-state index in [-0.39, 0.29) is 6.23 Å². The minimum Gasteiger partial charge on any atom is -0.497 e. The number of rotatable bonds is 4. The molecular weight excluding hydrogens is 300 g/mol. The summed E-state index contributed by atoms with van der Waals surface area (Å²) in [4.78, 5) is 2.30. The molecule has 4 rings (SSSR count). The fourth-order valence-electron chi connectivity index (χ4n) is 3.10. The maximum atomic E-state index is 5.98. The van der Waals surface area contributed by atoms with Gasteiger partial charge in [0.15, 0.2) is 6.23 Å². The van der Waals surface area contributed by atoms with Crippen molar-refractivity contribution >= 4 is 5.69 Å². The molecule has 0 spiro atoms. The largest absolute Gasteiger partial charge is 0.497 e. The van der Waals surface area contributed by atoms with Crippen molar-refractivity contribution in [2.24, 2.45) is 0 Å². The Morgan fingerprint density at radius 2 is 1.75 bits per heavy atom. The van der Waals surface area contributed by atoms with Gasteiger partial charge in [0, 0.05) is 35.9 Å². The summed E-state index contributed by atoms with van der Waals surface area (Å²) in [5.41, 5.74) is 3.45. The van der Waals surface area contributed by atoms with E-state index < -0.39 is 0 Å². The van der Waals surface area contributed by atoms with Crippen molar-refractivity contribution in [3.8, 4) is 11.4 Å². The summed E-state index contributed by atoms with van der Waals surface area (Å²) in [6.07, 6.45) is 4.17. The molecule has 1 atom stereocenters. The Hall–Kier alpha value is -2.72. The van der Waals surface area contributed by atoms with Crippen LogP contribution in [0.25, 0.3) is 5.69 Å². The van der Waals surface area contributed by atoms with Crippen molar-refractivity contribution < 1.29 is 9.47 Å². The molecule has 2 aromatic carbocycles. The standard InChI is InChI=1S/C20H20N2O2/c1-23-19-9-7-17(8-10-19)21-12-11-16(15-21)20-22(13-14-24-20)18-5-3-2-4-6-18/h2-12,15,20H,13-14H2,1H3. The first kappa shape index (κ1) is 14.8. The summed E-state index contributed by atoms with van der Waals surface area (Å²) >= 11 is 0. The lowest BCUT2D eigenvalue weighted by atomic mass is 10.2. The minimum atomic E-state index is -0.0353. The van der Waals surface area contributed by atoms with E-state index in [2.05, 4.69) is 52.2 Å². The van der Waals surface area contributed by atoms with Crippen LogP contribution in [0, 0.1) is 0 Å². The summed E-state index contributed by atoms with van der Waals surface area (Å²) in [5.74, 6) is 0.862. The van der Waals surface area contributed by atoms with E-state index in [1.165, 1.54) is 5.69 Å². The molecule has 1 aromatic heterocycles. The van der Waals surface area contributed by atoms with Gasteiger partial charge >= 0.3 is 0 Å².